The van der Waals surface area contributed by atoms with Gasteiger partial charge in [0.05, 0.1) is 12.1 Å². The molecule has 0 radical (unpaired) electrons. The molecule has 1 rings (SSSR count). The lowest BCUT2D eigenvalue weighted by atomic mass is 9.80. The molecule has 0 aliphatic rings. The normalized spacial score (nSPS) is 10.7. The molecule has 0 saturated heterocycles. The van der Waals surface area contributed by atoms with Crippen LogP contribution in [-0.2, 0) is 6.42 Å². The molecule has 0 N–H and O–H groups in total. The average molecular weight is 276 g/mol. The van der Waals surface area contributed by atoms with Gasteiger partial charge in [-0.05, 0) is 30.5 Å². The third kappa shape index (κ3) is 4.37. The van der Waals surface area contributed by atoms with Crippen LogP contribution < -0.4 is 4.74 Å². The molecule has 0 bridgehead atoms. The van der Waals surface area contributed by atoms with Crippen LogP contribution in [0, 0.1) is 28.1 Å². The lowest BCUT2D eigenvalue weighted by molar-refractivity contribution is -0.0498. The highest BCUT2D eigenvalue weighted by Crippen LogP contribution is 2.28. The van der Waals surface area contributed by atoms with Gasteiger partial charge in [0.2, 0.25) is 0 Å². The molecule has 104 valence electrons. The summed E-state index contributed by atoms with van der Waals surface area (Å²) in [6.07, 6.45) is 2.85. The predicted octanol–water partition coefficient (Wildman–Crippen LogP) is 3.83. The Morgan fingerprint density at radius 1 is 1.25 bits per heavy atom. The van der Waals surface area contributed by atoms with Crippen molar-refractivity contribution in [3.63, 3.8) is 0 Å². The molecule has 0 fully saturated rings. The monoisotopic (exact) mass is 276 g/mol. The van der Waals surface area contributed by atoms with Crippen LogP contribution in [0.3, 0.4) is 0 Å². The van der Waals surface area contributed by atoms with Crippen molar-refractivity contribution in [2.24, 2.45) is 5.41 Å². The van der Waals surface area contributed by atoms with E-state index in [1.165, 1.54) is 12.1 Å². The van der Waals surface area contributed by atoms with E-state index in [4.69, 9.17) is 0 Å². The first-order chi connectivity index (χ1) is 9.55. The Kier molecular flexibility index (Phi) is 5.68. The van der Waals surface area contributed by atoms with E-state index in [9.17, 15) is 19.3 Å². The Morgan fingerprint density at radius 3 is 2.30 bits per heavy atom. The quantitative estimate of drug-likeness (QED) is 0.711. The molecular formula is C15H14F2N2O. The molecule has 0 aromatic heterocycles. The summed E-state index contributed by atoms with van der Waals surface area (Å²) < 4.78 is 28.3. The van der Waals surface area contributed by atoms with Gasteiger partial charge in [0, 0.05) is 6.42 Å². The van der Waals surface area contributed by atoms with Gasteiger partial charge in [-0.2, -0.15) is 19.3 Å². The van der Waals surface area contributed by atoms with Crippen molar-refractivity contribution in [3.05, 3.63) is 42.5 Å². The van der Waals surface area contributed by atoms with Gasteiger partial charge in [0.1, 0.15) is 11.2 Å². The summed E-state index contributed by atoms with van der Waals surface area (Å²) in [6.45, 7) is 0.702. The number of ether oxygens (including phenoxy) is 1. The van der Waals surface area contributed by atoms with Crippen molar-refractivity contribution in [3.8, 4) is 17.9 Å². The lowest BCUT2D eigenvalue weighted by Crippen LogP contribution is -2.19. The summed E-state index contributed by atoms with van der Waals surface area (Å²) in [7, 11) is 0. The van der Waals surface area contributed by atoms with Crippen molar-refractivity contribution in [2.45, 2.75) is 25.9 Å². The van der Waals surface area contributed by atoms with Crippen LogP contribution in [0.1, 0.15) is 18.4 Å². The van der Waals surface area contributed by atoms with Gasteiger partial charge < -0.3 is 4.74 Å². The molecule has 0 atom stereocenters. The van der Waals surface area contributed by atoms with E-state index >= 15 is 0 Å². The van der Waals surface area contributed by atoms with E-state index in [-0.39, 0.29) is 12.2 Å². The van der Waals surface area contributed by atoms with Gasteiger partial charge in [-0.25, -0.2) is 0 Å². The topological polar surface area (TPSA) is 56.8 Å². The third-order valence-corrected chi connectivity index (χ3v) is 2.86. The van der Waals surface area contributed by atoms with Crippen molar-refractivity contribution < 1.29 is 13.5 Å². The van der Waals surface area contributed by atoms with Crippen molar-refractivity contribution in [1.82, 2.24) is 0 Å². The summed E-state index contributed by atoms with van der Waals surface area (Å²) >= 11 is 0. The Hall–Kier alpha value is -2.40. The second-order valence-electron chi connectivity index (χ2n) is 4.33. The number of alkyl halides is 2. The first kappa shape index (κ1) is 15.7. The zero-order valence-electron chi connectivity index (χ0n) is 10.9. The number of hydrogen-bond acceptors (Lipinski definition) is 3. The molecule has 5 heteroatoms. The Bertz CT molecular complexity index is 512. The highest BCUT2D eigenvalue weighted by atomic mass is 19.3. The van der Waals surface area contributed by atoms with Crippen LogP contribution in [0.2, 0.25) is 0 Å². The Morgan fingerprint density at radius 2 is 1.85 bits per heavy atom. The fraction of sp³-hybridized carbons (Fsp3) is 0.333. The molecule has 0 heterocycles. The van der Waals surface area contributed by atoms with Gasteiger partial charge in [0.25, 0.3) is 0 Å². The maximum atomic E-state index is 12.0. The predicted molar refractivity (Wildman–Crippen MR) is 69.9 cm³/mol. The smallest absolute Gasteiger partial charge is 0.387 e. The van der Waals surface area contributed by atoms with E-state index in [0.29, 0.717) is 12.8 Å². The fourth-order valence-electron chi connectivity index (χ4n) is 1.79. The zero-order valence-corrected chi connectivity index (χ0v) is 10.9. The molecule has 1 aromatic carbocycles. The molecule has 0 aliphatic heterocycles. The molecule has 0 amide bonds. The van der Waals surface area contributed by atoms with Crippen LogP contribution >= 0.6 is 0 Å². The second-order valence-corrected chi connectivity index (χ2v) is 4.33. The maximum Gasteiger partial charge on any atom is 0.387 e. The minimum atomic E-state index is -2.87. The van der Waals surface area contributed by atoms with Crippen molar-refractivity contribution >= 4 is 0 Å². The molecule has 0 aliphatic carbocycles. The van der Waals surface area contributed by atoms with E-state index in [1.807, 2.05) is 12.1 Å². The summed E-state index contributed by atoms with van der Waals surface area (Å²) in [6, 6.07) is 10.0. The van der Waals surface area contributed by atoms with Crippen molar-refractivity contribution in [1.29, 1.82) is 10.5 Å². The summed E-state index contributed by atoms with van der Waals surface area (Å²) in [5, 5.41) is 18.4. The summed E-state index contributed by atoms with van der Waals surface area (Å²) in [4.78, 5) is 0. The molecule has 1 aromatic rings. The van der Waals surface area contributed by atoms with Gasteiger partial charge in [0.15, 0.2) is 0 Å². The number of hydrogen-bond donors (Lipinski definition) is 0. The van der Waals surface area contributed by atoms with Crippen LogP contribution in [0.4, 0.5) is 8.78 Å². The van der Waals surface area contributed by atoms with Gasteiger partial charge in [-0.15, -0.1) is 6.58 Å². The number of nitrogens with zero attached hydrogens (tertiary/aromatic N) is 2. The molecule has 3 nitrogen and oxygen atoms in total. The largest absolute Gasteiger partial charge is 0.435 e. The van der Waals surface area contributed by atoms with Crippen molar-refractivity contribution in [2.75, 3.05) is 0 Å². The van der Waals surface area contributed by atoms with Crippen LogP contribution in [0.25, 0.3) is 0 Å². The van der Waals surface area contributed by atoms with Crippen LogP contribution in [-0.4, -0.2) is 6.61 Å². The number of nitriles is 2. The van der Waals surface area contributed by atoms with E-state index in [0.717, 1.165) is 5.56 Å². The number of benzene rings is 1. The molecule has 20 heavy (non-hydrogen) atoms. The highest BCUT2D eigenvalue weighted by molar-refractivity contribution is 5.30. The molecule has 0 saturated carbocycles. The van der Waals surface area contributed by atoms with E-state index < -0.39 is 12.0 Å². The fourth-order valence-corrected chi connectivity index (χ4v) is 1.79. The molecule has 0 unspecified atom stereocenters. The first-order valence-corrected chi connectivity index (χ1v) is 6.02. The number of allylic oxidation sites excluding steroid dienone is 1. The van der Waals surface area contributed by atoms with E-state index in [2.05, 4.69) is 11.3 Å². The summed E-state index contributed by atoms with van der Waals surface area (Å²) in [5.41, 5.74) is -0.405. The second kappa shape index (κ2) is 7.25. The minimum absolute atomic E-state index is 0.0503. The summed E-state index contributed by atoms with van der Waals surface area (Å²) in [5.74, 6) is 0.0503. The van der Waals surface area contributed by atoms with Gasteiger partial charge >= 0.3 is 6.61 Å². The third-order valence-electron chi connectivity index (χ3n) is 2.86. The van der Waals surface area contributed by atoms with Crippen LogP contribution in [0.5, 0.6) is 5.75 Å². The molecular weight excluding hydrogens is 262 g/mol. The SMILES string of the molecule is C=CCCC(C#N)(C#N)Cc1ccc(OC(F)F)cc1. The lowest BCUT2D eigenvalue weighted by Gasteiger charge is -2.17. The van der Waals surface area contributed by atoms with E-state index in [1.54, 1.807) is 18.2 Å². The number of rotatable bonds is 7. The minimum Gasteiger partial charge on any atom is -0.435 e. The zero-order chi connectivity index (χ0) is 15.0. The molecule has 0 spiro atoms. The standard InChI is InChI=1S/C15H14F2N2O/c1-2-3-8-15(10-18,11-19)9-12-4-6-13(7-5-12)20-14(16)17/h2,4-7,14H,1,3,8-9H2. The van der Waals surface area contributed by atoms with Gasteiger partial charge in [-0.1, -0.05) is 18.2 Å². The maximum absolute atomic E-state index is 12.0. The first-order valence-electron chi connectivity index (χ1n) is 6.02. The number of halogens is 2. The highest BCUT2D eigenvalue weighted by Gasteiger charge is 2.29. The van der Waals surface area contributed by atoms with Gasteiger partial charge in [-0.3, -0.25) is 0 Å². The Balaban J connectivity index is 2.82. The Labute approximate surface area is 116 Å². The average Bonchev–Trinajstić information content (AvgIpc) is 2.45. The van der Waals surface area contributed by atoms with Crippen LogP contribution in [0.15, 0.2) is 36.9 Å².